The SMILES string of the molecule is CC(C)(C)Cn1nnc2c(Br)c(NCC3=CC=CNC3Br)ccc21. The molecule has 1 atom stereocenters. The lowest BCUT2D eigenvalue weighted by Gasteiger charge is -2.19. The van der Waals surface area contributed by atoms with E-state index in [0.29, 0.717) is 0 Å². The standard InChI is InChI=1S/C17H21Br2N5/c1-17(2,3)10-24-13-7-6-12(14(18)15(13)22-23-24)21-9-11-5-4-8-20-16(11)19/h4-8,16,20-21H,9-10H2,1-3H3. The Kier molecular flexibility index (Phi) is 5.01. The first-order valence-electron chi connectivity index (χ1n) is 7.86. The second-order valence-corrected chi connectivity index (χ2v) is 8.79. The number of aromatic nitrogens is 3. The van der Waals surface area contributed by atoms with Gasteiger partial charge in [0.25, 0.3) is 0 Å². The van der Waals surface area contributed by atoms with Gasteiger partial charge in [0.15, 0.2) is 0 Å². The fraction of sp³-hybridized carbons (Fsp3) is 0.412. The van der Waals surface area contributed by atoms with Crippen molar-refractivity contribution in [1.29, 1.82) is 0 Å². The lowest BCUT2D eigenvalue weighted by Crippen LogP contribution is -2.26. The molecular weight excluding hydrogens is 434 g/mol. The summed E-state index contributed by atoms with van der Waals surface area (Å²) in [5.74, 6) is 0. The van der Waals surface area contributed by atoms with E-state index >= 15 is 0 Å². The number of dihydropyridines is 1. The molecule has 0 spiro atoms. The van der Waals surface area contributed by atoms with Crippen LogP contribution in [0.5, 0.6) is 0 Å². The third-order valence-electron chi connectivity index (χ3n) is 3.71. The number of nitrogens with one attached hydrogen (secondary N) is 2. The number of halogens is 2. The van der Waals surface area contributed by atoms with Crippen LogP contribution in [-0.2, 0) is 6.54 Å². The molecule has 5 nitrogen and oxygen atoms in total. The second kappa shape index (κ2) is 6.88. The van der Waals surface area contributed by atoms with Crippen molar-refractivity contribution in [1.82, 2.24) is 20.3 Å². The molecule has 0 saturated carbocycles. The van der Waals surface area contributed by atoms with E-state index in [9.17, 15) is 0 Å². The molecule has 0 amide bonds. The van der Waals surface area contributed by atoms with Crippen molar-refractivity contribution in [2.45, 2.75) is 32.3 Å². The van der Waals surface area contributed by atoms with E-state index < -0.39 is 0 Å². The van der Waals surface area contributed by atoms with E-state index in [1.807, 2.05) is 17.0 Å². The largest absolute Gasteiger partial charge is 0.380 e. The molecular formula is C17H21Br2N5. The zero-order valence-electron chi connectivity index (χ0n) is 14.0. The molecule has 0 fully saturated rings. The van der Waals surface area contributed by atoms with Crippen molar-refractivity contribution < 1.29 is 0 Å². The third-order valence-corrected chi connectivity index (χ3v) is 5.36. The molecule has 1 unspecified atom stereocenters. The van der Waals surface area contributed by atoms with Crippen LogP contribution in [0.15, 0.2) is 40.5 Å². The van der Waals surface area contributed by atoms with Crippen LogP contribution in [-0.4, -0.2) is 26.5 Å². The molecule has 2 heterocycles. The first-order chi connectivity index (χ1) is 11.3. The maximum absolute atomic E-state index is 4.35. The van der Waals surface area contributed by atoms with Gasteiger partial charge in [-0.05, 0) is 51.3 Å². The van der Waals surface area contributed by atoms with Gasteiger partial charge in [0, 0.05) is 13.1 Å². The number of rotatable bonds is 4. The fourth-order valence-electron chi connectivity index (χ4n) is 2.56. The zero-order valence-corrected chi connectivity index (χ0v) is 17.1. The summed E-state index contributed by atoms with van der Waals surface area (Å²) >= 11 is 7.29. The van der Waals surface area contributed by atoms with Crippen molar-refractivity contribution >= 4 is 48.6 Å². The molecule has 0 aliphatic carbocycles. The van der Waals surface area contributed by atoms with Gasteiger partial charge in [-0.25, -0.2) is 4.68 Å². The average molecular weight is 455 g/mol. The van der Waals surface area contributed by atoms with E-state index in [-0.39, 0.29) is 10.4 Å². The van der Waals surface area contributed by atoms with Gasteiger partial charge in [-0.15, -0.1) is 5.10 Å². The first-order valence-corrected chi connectivity index (χ1v) is 9.57. The molecule has 128 valence electrons. The topological polar surface area (TPSA) is 54.8 Å². The number of anilines is 1. The number of hydrogen-bond acceptors (Lipinski definition) is 4. The van der Waals surface area contributed by atoms with Crippen LogP contribution in [0.4, 0.5) is 5.69 Å². The number of hydrogen-bond donors (Lipinski definition) is 2. The molecule has 1 aliphatic heterocycles. The molecule has 1 aliphatic rings. The summed E-state index contributed by atoms with van der Waals surface area (Å²) < 4.78 is 2.92. The summed E-state index contributed by atoms with van der Waals surface area (Å²) in [5, 5.41) is 15.4. The Bertz CT molecular complexity index is 801. The highest BCUT2D eigenvalue weighted by molar-refractivity contribution is 9.10. The average Bonchev–Trinajstić information content (AvgIpc) is 2.90. The Labute approximate surface area is 158 Å². The van der Waals surface area contributed by atoms with Gasteiger partial charge in [0.2, 0.25) is 0 Å². The van der Waals surface area contributed by atoms with E-state index in [4.69, 9.17) is 0 Å². The van der Waals surface area contributed by atoms with Crippen LogP contribution >= 0.6 is 31.9 Å². The van der Waals surface area contributed by atoms with E-state index in [2.05, 4.69) is 91.8 Å². The van der Waals surface area contributed by atoms with Gasteiger partial charge in [0.1, 0.15) is 10.5 Å². The molecule has 7 heteroatoms. The molecule has 2 N–H and O–H groups in total. The summed E-state index contributed by atoms with van der Waals surface area (Å²) in [6.45, 7) is 8.17. The van der Waals surface area contributed by atoms with Crippen molar-refractivity contribution in [2.24, 2.45) is 5.41 Å². The number of fused-ring (bicyclic) bond motifs is 1. The Morgan fingerprint density at radius 3 is 2.83 bits per heavy atom. The molecule has 1 aromatic carbocycles. The summed E-state index contributed by atoms with van der Waals surface area (Å²) in [7, 11) is 0. The van der Waals surface area contributed by atoms with Crippen LogP contribution < -0.4 is 10.6 Å². The van der Waals surface area contributed by atoms with Gasteiger partial charge >= 0.3 is 0 Å². The highest BCUT2D eigenvalue weighted by Crippen LogP contribution is 2.31. The molecule has 3 rings (SSSR count). The van der Waals surface area contributed by atoms with Crippen LogP contribution in [0.25, 0.3) is 11.0 Å². The predicted molar refractivity (Wildman–Crippen MR) is 106 cm³/mol. The van der Waals surface area contributed by atoms with Crippen LogP contribution in [0.1, 0.15) is 20.8 Å². The molecule has 1 aromatic heterocycles. The van der Waals surface area contributed by atoms with E-state index in [1.54, 1.807) is 0 Å². The van der Waals surface area contributed by atoms with E-state index in [1.165, 1.54) is 5.57 Å². The van der Waals surface area contributed by atoms with Crippen molar-refractivity contribution in [3.05, 3.63) is 40.5 Å². The van der Waals surface area contributed by atoms with Crippen LogP contribution in [0.2, 0.25) is 0 Å². The van der Waals surface area contributed by atoms with Crippen LogP contribution in [0, 0.1) is 5.41 Å². The normalized spacial score (nSPS) is 17.7. The van der Waals surface area contributed by atoms with E-state index in [0.717, 1.165) is 34.3 Å². The van der Waals surface area contributed by atoms with Gasteiger partial charge in [-0.3, -0.25) is 0 Å². The maximum atomic E-state index is 4.35. The molecule has 0 radical (unpaired) electrons. The molecule has 0 bridgehead atoms. The maximum Gasteiger partial charge on any atom is 0.129 e. The quantitative estimate of drug-likeness (QED) is 0.530. The lowest BCUT2D eigenvalue weighted by molar-refractivity contribution is 0.327. The fourth-order valence-corrected chi connectivity index (χ4v) is 3.58. The van der Waals surface area contributed by atoms with Gasteiger partial charge in [0.05, 0.1) is 15.7 Å². The highest BCUT2D eigenvalue weighted by Gasteiger charge is 2.17. The predicted octanol–water partition coefficient (Wildman–Crippen LogP) is 4.42. The summed E-state index contributed by atoms with van der Waals surface area (Å²) in [6, 6.07) is 4.15. The Hall–Kier alpha value is -1.34. The van der Waals surface area contributed by atoms with Crippen molar-refractivity contribution in [2.75, 3.05) is 11.9 Å². The minimum absolute atomic E-state index is 0.156. The third kappa shape index (κ3) is 3.83. The Morgan fingerprint density at radius 2 is 2.12 bits per heavy atom. The number of allylic oxidation sites excluding steroid dienone is 2. The minimum atomic E-state index is 0.156. The number of benzene rings is 1. The van der Waals surface area contributed by atoms with Crippen LogP contribution in [0.3, 0.4) is 0 Å². The highest BCUT2D eigenvalue weighted by atomic mass is 79.9. The smallest absolute Gasteiger partial charge is 0.129 e. The minimum Gasteiger partial charge on any atom is -0.380 e. The van der Waals surface area contributed by atoms with Crippen molar-refractivity contribution in [3.8, 4) is 0 Å². The van der Waals surface area contributed by atoms with Gasteiger partial charge in [-0.2, -0.15) is 0 Å². The monoisotopic (exact) mass is 453 g/mol. The van der Waals surface area contributed by atoms with Gasteiger partial charge in [-0.1, -0.05) is 48.0 Å². The molecule has 0 saturated heterocycles. The second-order valence-electron chi connectivity index (χ2n) is 7.09. The van der Waals surface area contributed by atoms with Crippen molar-refractivity contribution in [3.63, 3.8) is 0 Å². The Morgan fingerprint density at radius 1 is 1.33 bits per heavy atom. The Balaban J connectivity index is 1.82. The lowest BCUT2D eigenvalue weighted by atomic mass is 9.97. The number of alkyl halides is 1. The molecule has 2 aromatic rings. The zero-order chi connectivity index (χ0) is 17.3. The molecule has 24 heavy (non-hydrogen) atoms. The summed E-state index contributed by atoms with van der Waals surface area (Å²) in [4.78, 5) is 0.158. The first kappa shape index (κ1) is 17.5. The number of nitrogens with zero attached hydrogens (tertiary/aromatic N) is 3. The summed E-state index contributed by atoms with van der Waals surface area (Å²) in [5.41, 5.74) is 4.34. The van der Waals surface area contributed by atoms with Gasteiger partial charge < -0.3 is 10.6 Å². The summed E-state index contributed by atoms with van der Waals surface area (Å²) in [6.07, 6.45) is 6.04.